The molecule has 7 heteroatoms. The molecule has 24 heavy (non-hydrogen) atoms. The smallest absolute Gasteiger partial charge is 0.292 e. The van der Waals surface area contributed by atoms with Crippen molar-refractivity contribution >= 4 is 5.91 Å². The van der Waals surface area contributed by atoms with Crippen molar-refractivity contribution in [3.8, 4) is 5.75 Å². The van der Waals surface area contributed by atoms with Crippen LogP contribution >= 0.6 is 0 Å². The van der Waals surface area contributed by atoms with Crippen molar-refractivity contribution in [3.05, 3.63) is 66.4 Å². The van der Waals surface area contributed by atoms with E-state index in [9.17, 15) is 4.79 Å². The highest BCUT2D eigenvalue weighted by Crippen LogP contribution is 2.35. The quantitative estimate of drug-likeness (QED) is 0.739. The number of nitrogens with zero attached hydrogens (tertiary/aromatic N) is 4. The van der Waals surface area contributed by atoms with E-state index >= 15 is 0 Å². The fraction of sp³-hybridized carbons (Fsp3) is 0.235. The summed E-state index contributed by atoms with van der Waals surface area (Å²) >= 11 is 0. The highest BCUT2D eigenvalue weighted by molar-refractivity contribution is 5.91. The van der Waals surface area contributed by atoms with Crippen molar-refractivity contribution in [2.75, 3.05) is 7.11 Å². The minimum atomic E-state index is -0.211. The molecule has 0 bridgehead atoms. The molecule has 1 aliphatic heterocycles. The number of benzene rings is 1. The van der Waals surface area contributed by atoms with Crippen LogP contribution in [-0.4, -0.2) is 32.5 Å². The zero-order chi connectivity index (χ0) is 16.5. The van der Waals surface area contributed by atoms with Gasteiger partial charge in [-0.1, -0.05) is 18.2 Å². The Bertz CT molecular complexity index is 856. The van der Waals surface area contributed by atoms with Crippen LogP contribution in [0, 0.1) is 0 Å². The first-order valence-corrected chi connectivity index (χ1v) is 7.60. The first kappa shape index (κ1) is 14.5. The number of fused-ring (bicyclic) bond motifs is 1. The number of carbonyl (C=O) groups excluding carboxylic acids is 1. The Morgan fingerprint density at radius 1 is 1.38 bits per heavy atom. The lowest BCUT2D eigenvalue weighted by Crippen LogP contribution is -2.41. The Kier molecular flexibility index (Phi) is 3.53. The number of hydrogen-bond donors (Lipinski definition) is 0. The Labute approximate surface area is 138 Å². The molecule has 0 unspecified atom stereocenters. The van der Waals surface area contributed by atoms with Gasteiger partial charge < -0.3 is 18.6 Å². The van der Waals surface area contributed by atoms with Crippen molar-refractivity contribution in [2.24, 2.45) is 0 Å². The highest BCUT2D eigenvalue weighted by Gasteiger charge is 2.34. The average molecular weight is 324 g/mol. The molecule has 2 aromatic heterocycles. The predicted molar refractivity (Wildman–Crippen MR) is 84.3 cm³/mol. The normalized spacial score (nSPS) is 16.7. The Morgan fingerprint density at radius 3 is 3.04 bits per heavy atom. The monoisotopic (exact) mass is 324 g/mol. The van der Waals surface area contributed by atoms with Crippen LogP contribution in [0.5, 0.6) is 5.75 Å². The molecule has 1 amide bonds. The molecule has 0 aliphatic carbocycles. The van der Waals surface area contributed by atoms with Gasteiger partial charge >= 0.3 is 0 Å². The number of amides is 1. The van der Waals surface area contributed by atoms with Crippen LogP contribution in [0.1, 0.15) is 28.0 Å². The zero-order valence-electron chi connectivity index (χ0n) is 13.1. The van der Waals surface area contributed by atoms with Crippen LogP contribution in [0.4, 0.5) is 0 Å². The minimum Gasteiger partial charge on any atom is -0.496 e. The van der Waals surface area contributed by atoms with Crippen LogP contribution in [0.2, 0.25) is 0 Å². The maximum atomic E-state index is 12.9. The number of carbonyl (C=O) groups is 1. The SMILES string of the molecule is COc1ccccc1[C@@H]1Cn2ccnc2CN1C(=O)c1cnco1. The van der Waals surface area contributed by atoms with Gasteiger partial charge in [0.25, 0.3) is 5.91 Å². The number of hydrogen-bond acceptors (Lipinski definition) is 5. The van der Waals surface area contributed by atoms with Crippen molar-refractivity contribution in [3.63, 3.8) is 0 Å². The van der Waals surface area contributed by atoms with Crippen molar-refractivity contribution in [1.82, 2.24) is 19.4 Å². The van der Waals surface area contributed by atoms with E-state index in [1.54, 1.807) is 18.2 Å². The van der Waals surface area contributed by atoms with Crippen molar-refractivity contribution in [2.45, 2.75) is 19.1 Å². The summed E-state index contributed by atoms with van der Waals surface area (Å²) in [5, 5.41) is 0. The van der Waals surface area contributed by atoms with E-state index in [1.165, 1.54) is 12.6 Å². The van der Waals surface area contributed by atoms with Gasteiger partial charge in [0.1, 0.15) is 11.6 Å². The molecule has 0 saturated carbocycles. The lowest BCUT2D eigenvalue weighted by molar-refractivity contribution is 0.0548. The van der Waals surface area contributed by atoms with Gasteiger partial charge in [0.05, 0.1) is 25.9 Å². The Morgan fingerprint density at radius 2 is 2.25 bits per heavy atom. The van der Waals surface area contributed by atoms with E-state index in [-0.39, 0.29) is 17.7 Å². The summed E-state index contributed by atoms with van der Waals surface area (Å²) in [6.45, 7) is 1.00. The highest BCUT2D eigenvalue weighted by atomic mass is 16.5. The molecular formula is C17H16N4O3. The second-order valence-electron chi connectivity index (χ2n) is 5.55. The molecule has 4 rings (SSSR count). The number of oxazole rings is 1. The van der Waals surface area contributed by atoms with Crippen LogP contribution in [0.3, 0.4) is 0 Å². The third kappa shape index (κ3) is 2.34. The number of aromatic nitrogens is 3. The summed E-state index contributed by atoms with van der Waals surface area (Å²) in [6.07, 6.45) is 6.37. The van der Waals surface area contributed by atoms with Gasteiger partial charge in [-0.25, -0.2) is 9.97 Å². The largest absolute Gasteiger partial charge is 0.496 e. The van der Waals surface area contributed by atoms with Gasteiger partial charge in [0, 0.05) is 24.5 Å². The first-order valence-electron chi connectivity index (χ1n) is 7.60. The van der Waals surface area contributed by atoms with E-state index in [0.717, 1.165) is 17.1 Å². The molecule has 122 valence electrons. The topological polar surface area (TPSA) is 73.4 Å². The molecule has 0 saturated heterocycles. The van der Waals surface area contributed by atoms with Crippen molar-refractivity contribution in [1.29, 1.82) is 0 Å². The first-order chi connectivity index (χ1) is 11.8. The summed E-state index contributed by atoms with van der Waals surface area (Å²) in [5.74, 6) is 1.60. The fourth-order valence-corrected chi connectivity index (χ4v) is 3.09. The zero-order valence-corrected chi connectivity index (χ0v) is 13.1. The molecule has 3 aromatic rings. The molecule has 0 fully saturated rings. The van der Waals surface area contributed by atoms with E-state index in [4.69, 9.17) is 9.15 Å². The Hall–Kier alpha value is -3.09. The predicted octanol–water partition coefficient (Wildman–Crippen LogP) is 2.28. The van der Waals surface area contributed by atoms with Gasteiger partial charge in [0.2, 0.25) is 5.76 Å². The summed E-state index contributed by atoms with van der Waals surface area (Å²) in [6, 6.07) is 7.55. The van der Waals surface area contributed by atoms with Gasteiger partial charge in [-0.2, -0.15) is 0 Å². The summed E-state index contributed by atoms with van der Waals surface area (Å²) in [4.78, 5) is 22.8. The number of para-hydroxylation sites is 1. The molecule has 1 aliphatic rings. The Balaban J connectivity index is 1.78. The second-order valence-corrected chi connectivity index (χ2v) is 5.55. The number of rotatable bonds is 3. The number of ether oxygens (including phenoxy) is 1. The summed E-state index contributed by atoms with van der Waals surface area (Å²) in [7, 11) is 1.63. The summed E-state index contributed by atoms with van der Waals surface area (Å²) < 4.78 is 12.7. The van der Waals surface area contributed by atoms with Crippen LogP contribution in [-0.2, 0) is 13.1 Å². The van der Waals surface area contributed by atoms with Crippen molar-refractivity contribution < 1.29 is 13.9 Å². The maximum Gasteiger partial charge on any atom is 0.292 e. The second kappa shape index (κ2) is 5.84. The van der Waals surface area contributed by atoms with E-state index < -0.39 is 0 Å². The van der Waals surface area contributed by atoms with Gasteiger partial charge in [-0.05, 0) is 6.07 Å². The average Bonchev–Trinajstić information content (AvgIpc) is 3.31. The molecule has 7 nitrogen and oxygen atoms in total. The molecular weight excluding hydrogens is 308 g/mol. The van der Waals surface area contributed by atoms with Crippen LogP contribution in [0.25, 0.3) is 0 Å². The van der Waals surface area contributed by atoms with Gasteiger partial charge in [0.15, 0.2) is 6.39 Å². The standard InChI is InChI=1S/C17H16N4O3/c1-23-14-5-3-2-4-12(14)13-9-20-7-6-19-16(20)10-21(13)17(22)15-8-18-11-24-15/h2-8,11,13H,9-10H2,1H3/t13-/m0/s1. The third-order valence-corrected chi connectivity index (χ3v) is 4.26. The lowest BCUT2D eigenvalue weighted by Gasteiger charge is -2.36. The molecule has 0 N–H and O–H groups in total. The number of methoxy groups -OCH3 is 1. The molecule has 1 aromatic carbocycles. The van der Waals surface area contributed by atoms with Gasteiger partial charge in [-0.3, -0.25) is 4.79 Å². The van der Waals surface area contributed by atoms with E-state index in [2.05, 4.69) is 14.5 Å². The molecule has 0 radical (unpaired) electrons. The van der Waals surface area contributed by atoms with E-state index in [1.807, 2.05) is 30.5 Å². The summed E-state index contributed by atoms with van der Waals surface area (Å²) in [5.41, 5.74) is 0.951. The maximum absolute atomic E-state index is 12.9. The van der Waals surface area contributed by atoms with E-state index in [0.29, 0.717) is 13.1 Å². The van der Waals surface area contributed by atoms with Crippen LogP contribution < -0.4 is 4.74 Å². The number of imidazole rings is 1. The lowest BCUT2D eigenvalue weighted by atomic mass is 10.0. The van der Waals surface area contributed by atoms with Crippen LogP contribution in [0.15, 0.2) is 53.7 Å². The molecule has 1 atom stereocenters. The fourth-order valence-electron chi connectivity index (χ4n) is 3.09. The molecule has 0 spiro atoms. The third-order valence-electron chi connectivity index (χ3n) is 4.26. The molecule has 3 heterocycles. The van der Waals surface area contributed by atoms with Gasteiger partial charge in [-0.15, -0.1) is 0 Å². The minimum absolute atomic E-state index is 0.180.